The fourth-order valence-corrected chi connectivity index (χ4v) is 9.76. The van der Waals surface area contributed by atoms with E-state index in [-0.39, 0.29) is 36.4 Å². The second-order valence-electron chi connectivity index (χ2n) is 17.6. The smallest absolute Gasteiger partial charge is 0.293 e. The van der Waals surface area contributed by atoms with Crippen LogP contribution in [0.4, 0.5) is 21.5 Å². The molecule has 0 aliphatic carbocycles. The number of nitro benzene ring substituents is 1. The molecule has 0 atom stereocenters. The molecule has 0 unspecified atom stereocenters. The first-order valence-electron chi connectivity index (χ1n) is 21.9. The molecule has 0 spiro atoms. The predicted molar refractivity (Wildman–Crippen MR) is 250 cm³/mol. The molecule has 0 radical (unpaired) electrons. The molecule has 2 aromatic heterocycles. The number of carbonyl (C=O) groups is 1. The molecule has 3 N–H and O–H groups in total. The number of benzene rings is 3. The molecule has 0 bridgehead atoms. The van der Waals surface area contributed by atoms with Crippen LogP contribution >= 0.6 is 11.6 Å². The lowest BCUT2D eigenvalue weighted by molar-refractivity contribution is -0.384. The minimum absolute atomic E-state index is 0.0346. The summed E-state index contributed by atoms with van der Waals surface area (Å²) in [7, 11) is -4.65. The number of aromatic amines is 1. The van der Waals surface area contributed by atoms with Gasteiger partial charge in [0.1, 0.15) is 28.5 Å². The van der Waals surface area contributed by atoms with E-state index in [1.165, 1.54) is 35.0 Å². The average molecular weight is 930 g/mol. The highest BCUT2D eigenvalue weighted by molar-refractivity contribution is 7.90. The minimum atomic E-state index is -4.65. The number of piperidine rings is 1. The van der Waals surface area contributed by atoms with Crippen LogP contribution in [0.15, 0.2) is 95.7 Å². The summed E-state index contributed by atoms with van der Waals surface area (Å²) in [6.07, 6.45) is 4.68. The van der Waals surface area contributed by atoms with Crippen LogP contribution in [0.2, 0.25) is 5.02 Å². The van der Waals surface area contributed by atoms with E-state index in [1.54, 1.807) is 24.4 Å². The zero-order valence-electron chi connectivity index (χ0n) is 36.7. The van der Waals surface area contributed by atoms with Crippen LogP contribution in [0.3, 0.4) is 0 Å². The number of halogens is 2. The summed E-state index contributed by atoms with van der Waals surface area (Å²) in [6, 6.07) is 20.1. The number of likely N-dealkylation sites (tertiary alicyclic amines) is 1. The number of aromatic nitrogens is 2. The van der Waals surface area contributed by atoms with E-state index in [4.69, 9.17) is 21.1 Å². The zero-order valence-corrected chi connectivity index (χ0v) is 38.3. The standard InChI is InChI=1S/C47H54ClFN8O7S/c1-31(2)22-41(33-4-6-35(48)7-5-33)32(3)27-54-18-20-56(21-19-54)36-8-10-40(44(24-36)64-38-23-34-12-15-50-45(34)51-26-38)46(58)53-65(61,62)39-9-11-42(43(25-39)57(59)60)52-30-47(49)13-16-55(17-14-47)37-28-63-29-37/h4-12,15,23-26,31,37,52H,13-14,16-22,27-30H2,1-3H3,(H,50,51)(H,53,58)/b41-32-. The Balaban J connectivity index is 0.976. The first-order valence-corrected chi connectivity index (χ1v) is 23.8. The van der Waals surface area contributed by atoms with Gasteiger partial charge in [0, 0.05) is 86.8 Å². The van der Waals surface area contributed by atoms with Crippen molar-refractivity contribution >= 4 is 61.2 Å². The Bertz CT molecular complexity index is 2680. The summed E-state index contributed by atoms with van der Waals surface area (Å²) in [5, 5.41) is 16.5. The van der Waals surface area contributed by atoms with E-state index < -0.39 is 37.1 Å². The lowest BCUT2D eigenvalue weighted by Crippen LogP contribution is -2.55. The zero-order chi connectivity index (χ0) is 45.9. The monoisotopic (exact) mass is 928 g/mol. The van der Waals surface area contributed by atoms with Gasteiger partial charge in [-0.05, 0) is 91.8 Å². The van der Waals surface area contributed by atoms with Gasteiger partial charge in [-0.2, -0.15) is 0 Å². The molecule has 5 aromatic rings. The molecular weight excluding hydrogens is 875 g/mol. The quantitative estimate of drug-likeness (QED) is 0.0639. The number of ether oxygens (including phenoxy) is 2. The van der Waals surface area contributed by atoms with Crippen LogP contribution in [0.5, 0.6) is 11.5 Å². The molecular formula is C47H54ClFN8O7S. The van der Waals surface area contributed by atoms with Crippen molar-refractivity contribution in [2.75, 3.05) is 75.8 Å². The predicted octanol–water partition coefficient (Wildman–Crippen LogP) is 8.29. The number of alkyl halides is 1. The van der Waals surface area contributed by atoms with Gasteiger partial charge in [-0.15, -0.1) is 0 Å². The number of fused-ring (bicyclic) bond motifs is 1. The number of nitrogens with one attached hydrogen (secondary N) is 3. The Hall–Kier alpha value is -5.59. The maximum absolute atomic E-state index is 15.8. The van der Waals surface area contributed by atoms with Crippen molar-refractivity contribution in [2.24, 2.45) is 5.92 Å². The molecule has 3 aliphatic rings. The SMILES string of the molecule is C/C(CN1CCN(c2ccc(C(=O)NS(=O)(=O)c3ccc(NCC4(F)CCN(C5COC5)CC4)c([N+](=O)[O-])c3)c(Oc3cnc4[nH]ccc4c3)c2)CC1)=C(\CC(C)C)c1ccc(Cl)cc1. The number of H-pyrrole nitrogens is 1. The molecule has 0 saturated carbocycles. The second kappa shape index (κ2) is 19.5. The molecule has 5 heterocycles. The van der Waals surface area contributed by atoms with Crippen LogP contribution in [-0.2, 0) is 14.8 Å². The van der Waals surface area contributed by atoms with Crippen molar-refractivity contribution in [3.05, 3.63) is 117 Å². The summed E-state index contributed by atoms with van der Waals surface area (Å²) in [5.74, 6) is -0.110. The molecule has 3 aromatic carbocycles. The number of amides is 1. The number of hydrogen-bond donors (Lipinski definition) is 3. The lowest BCUT2D eigenvalue weighted by Gasteiger charge is -2.43. The Morgan fingerprint density at radius 1 is 1.03 bits per heavy atom. The Morgan fingerprint density at radius 2 is 1.77 bits per heavy atom. The first-order chi connectivity index (χ1) is 31.1. The largest absolute Gasteiger partial charge is 0.455 e. The third kappa shape index (κ3) is 10.9. The number of rotatable bonds is 16. The fourth-order valence-electron chi connectivity index (χ4n) is 8.64. The molecule has 3 fully saturated rings. The van der Waals surface area contributed by atoms with E-state index in [2.05, 4.69) is 67.6 Å². The third-order valence-corrected chi connectivity index (χ3v) is 14.0. The second-order valence-corrected chi connectivity index (χ2v) is 19.7. The highest BCUT2D eigenvalue weighted by Crippen LogP contribution is 2.35. The maximum Gasteiger partial charge on any atom is 0.293 e. The molecule has 65 heavy (non-hydrogen) atoms. The number of carbonyl (C=O) groups excluding carboxylic acids is 1. The number of sulfonamides is 1. The molecule has 1 amide bonds. The van der Waals surface area contributed by atoms with Crippen molar-refractivity contribution in [3.8, 4) is 11.5 Å². The number of allylic oxidation sites excluding steroid dienone is 1. The Kier molecular flexibility index (Phi) is 13.8. The van der Waals surface area contributed by atoms with Crippen molar-refractivity contribution in [2.45, 2.75) is 56.6 Å². The summed E-state index contributed by atoms with van der Waals surface area (Å²) in [4.78, 5) is 39.2. The topological polar surface area (TPSA) is 175 Å². The molecule has 3 saturated heterocycles. The van der Waals surface area contributed by atoms with E-state index >= 15 is 4.39 Å². The molecule has 3 aliphatic heterocycles. The van der Waals surface area contributed by atoms with E-state index in [0.717, 1.165) is 49.3 Å². The first kappa shape index (κ1) is 46.0. The molecule has 8 rings (SSSR count). The Morgan fingerprint density at radius 3 is 2.45 bits per heavy atom. The highest BCUT2D eigenvalue weighted by atomic mass is 35.5. The number of hydrogen-bond acceptors (Lipinski definition) is 12. The van der Waals surface area contributed by atoms with E-state index in [9.17, 15) is 23.3 Å². The lowest BCUT2D eigenvalue weighted by atomic mass is 9.92. The molecule has 344 valence electrons. The highest BCUT2D eigenvalue weighted by Gasteiger charge is 2.38. The number of nitro groups is 1. The normalized spacial score (nSPS) is 17.7. The number of anilines is 2. The molecule has 15 nitrogen and oxygen atoms in total. The van der Waals surface area contributed by atoms with Gasteiger partial charge >= 0.3 is 0 Å². The van der Waals surface area contributed by atoms with Gasteiger partial charge in [-0.1, -0.05) is 43.2 Å². The van der Waals surface area contributed by atoms with Gasteiger partial charge in [0.2, 0.25) is 0 Å². The maximum atomic E-state index is 15.8. The van der Waals surface area contributed by atoms with Crippen LogP contribution in [0, 0.1) is 16.0 Å². The van der Waals surface area contributed by atoms with Gasteiger partial charge in [0.15, 0.2) is 0 Å². The van der Waals surface area contributed by atoms with Crippen molar-refractivity contribution in [1.82, 2.24) is 24.5 Å². The van der Waals surface area contributed by atoms with Gasteiger partial charge in [-0.3, -0.25) is 24.7 Å². The van der Waals surface area contributed by atoms with Gasteiger partial charge in [0.25, 0.3) is 21.6 Å². The summed E-state index contributed by atoms with van der Waals surface area (Å²) in [5.41, 5.74) is 2.93. The van der Waals surface area contributed by atoms with Crippen LogP contribution in [0.1, 0.15) is 56.0 Å². The molecule has 18 heteroatoms. The van der Waals surface area contributed by atoms with Gasteiger partial charge < -0.3 is 24.7 Å². The van der Waals surface area contributed by atoms with Crippen molar-refractivity contribution < 1.29 is 32.0 Å². The number of piperazine rings is 1. The minimum Gasteiger partial charge on any atom is -0.455 e. The van der Waals surface area contributed by atoms with Gasteiger partial charge in [0.05, 0.1) is 40.8 Å². The van der Waals surface area contributed by atoms with Crippen molar-refractivity contribution in [3.63, 3.8) is 0 Å². The van der Waals surface area contributed by atoms with Crippen LogP contribution in [-0.4, -0.2) is 116 Å². The number of pyridine rings is 1. The number of nitrogens with zero attached hydrogens (tertiary/aromatic N) is 5. The van der Waals surface area contributed by atoms with Crippen LogP contribution < -0.4 is 19.7 Å². The van der Waals surface area contributed by atoms with E-state index in [0.29, 0.717) is 67.8 Å². The van der Waals surface area contributed by atoms with Crippen LogP contribution in [0.25, 0.3) is 16.6 Å². The third-order valence-electron chi connectivity index (χ3n) is 12.5. The Labute approximate surface area is 383 Å². The average Bonchev–Trinajstić information content (AvgIpc) is 3.73. The summed E-state index contributed by atoms with van der Waals surface area (Å²) in [6.45, 7) is 12.5. The van der Waals surface area contributed by atoms with E-state index in [1.807, 2.05) is 18.2 Å². The fraction of sp³-hybridized carbons (Fsp3) is 0.404. The summed E-state index contributed by atoms with van der Waals surface area (Å²) >= 11 is 6.20. The summed E-state index contributed by atoms with van der Waals surface area (Å²) < 4.78 is 56.9. The van der Waals surface area contributed by atoms with Crippen molar-refractivity contribution in [1.29, 1.82) is 0 Å². The van der Waals surface area contributed by atoms with Gasteiger partial charge in [-0.25, -0.2) is 22.5 Å².